The van der Waals surface area contributed by atoms with E-state index in [9.17, 15) is 0 Å². The molecule has 0 atom stereocenters. The summed E-state index contributed by atoms with van der Waals surface area (Å²) in [7, 11) is 0. The van der Waals surface area contributed by atoms with Crippen LogP contribution in [0.4, 0.5) is 0 Å². The molecule has 0 spiro atoms. The summed E-state index contributed by atoms with van der Waals surface area (Å²) in [5, 5.41) is 0. The Morgan fingerprint density at radius 1 is 1.33 bits per heavy atom. The van der Waals surface area contributed by atoms with Gasteiger partial charge in [-0.25, -0.2) is 0 Å². The molecule has 1 heteroatoms. The molecular weight excluding hydrogens is 160 g/mol. The Morgan fingerprint density at radius 2 is 2.00 bits per heavy atom. The zero-order valence-electron chi connectivity index (χ0n) is 6.08. The van der Waals surface area contributed by atoms with Crippen LogP contribution in [0, 0.1) is 5.41 Å². The van der Waals surface area contributed by atoms with Gasteiger partial charge in [0.15, 0.2) is 0 Å². The normalized spacial score (nSPS) is 22.9. The second-order valence-electron chi connectivity index (χ2n) is 3.28. The third kappa shape index (κ3) is 3.07. The van der Waals surface area contributed by atoms with Crippen LogP contribution in [-0.4, -0.2) is 0 Å². The van der Waals surface area contributed by atoms with Crippen molar-refractivity contribution < 1.29 is 17.1 Å². The Bertz CT molecular complexity index is 103. The molecule has 57 valence electrons. The van der Waals surface area contributed by atoms with Gasteiger partial charge in [-0.2, -0.15) is 0 Å². The van der Waals surface area contributed by atoms with Crippen LogP contribution in [0.2, 0.25) is 0 Å². The van der Waals surface area contributed by atoms with Gasteiger partial charge in [0, 0.05) is 17.1 Å². The molecule has 0 heterocycles. The zero-order valence-corrected chi connectivity index (χ0v) is 7.02. The fraction of sp³-hybridized carbons (Fsp3) is 0.750. The van der Waals surface area contributed by atoms with Crippen LogP contribution in [0.15, 0.2) is 12.2 Å². The standard InChI is InChI=1S/C8H14.Cu/c1-8(2)6-4-3-5-7-8;/h4,6H,3,5,7H2,1-2H3;. The Hall–Kier alpha value is 0.259. The van der Waals surface area contributed by atoms with Crippen LogP contribution >= 0.6 is 0 Å². The molecule has 0 bridgehead atoms. The molecule has 0 saturated heterocycles. The second kappa shape index (κ2) is 3.43. The van der Waals surface area contributed by atoms with Crippen LogP contribution in [0.1, 0.15) is 33.1 Å². The van der Waals surface area contributed by atoms with Crippen molar-refractivity contribution in [1.82, 2.24) is 0 Å². The van der Waals surface area contributed by atoms with Gasteiger partial charge >= 0.3 is 0 Å². The first kappa shape index (κ1) is 9.26. The van der Waals surface area contributed by atoms with Crippen molar-refractivity contribution in [2.75, 3.05) is 0 Å². The van der Waals surface area contributed by atoms with Crippen molar-refractivity contribution in [3.05, 3.63) is 12.2 Å². The molecule has 0 unspecified atom stereocenters. The minimum atomic E-state index is 0. The van der Waals surface area contributed by atoms with Gasteiger partial charge in [-0.05, 0) is 24.7 Å². The maximum absolute atomic E-state index is 2.33. The Labute approximate surface area is 68.2 Å². The molecule has 0 aromatic heterocycles. The van der Waals surface area contributed by atoms with E-state index in [-0.39, 0.29) is 17.1 Å². The van der Waals surface area contributed by atoms with Crippen LogP contribution in [0.5, 0.6) is 0 Å². The fourth-order valence-electron chi connectivity index (χ4n) is 1.16. The van der Waals surface area contributed by atoms with Gasteiger partial charge in [-0.1, -0.05) is 26.0 Å². The van der Waals surface area contributed by atoms with Crippen molar-refractivity contribution in [1.29, 1.82) is 0 Å². The zero-order chi connectivity index (χ0) is 6.04. The van der Waals surface area contributed by atoms with Crippen molar-refractivity contribution in [3.63, 3.8) is 0 Å². The van der Waals surface area contributed by atoms with E-state index in [1.807, 2.05) is 0 Å². The van der Waals surface area contributed by atoms with E-state index in [2.05, 4.69) is 26.0 Å². The fourth-order valence-corrected chi connectivity index (χ4v) is 1.16. The predicted octanol–water partition coefficient (Wildman–Crippen LogP) is 2.75. The number of allylic oxidation sites excluding steroid dienone is 2. The summed E-state index contributed by atoms with van der Waals surface area (Å²) in [5.41, 5.74) is 0.498. The molecule has 9 heavy (non-hydrogen) atoms. The SMILES string of the molecule is CC1(C)C=CCCC1.[Cu]. The molecule has 0 amide bonds. The number of hydrogen-bond acceptors (Lipinski definition) is 0. The number of hydrogen-bond donors (Lipinski definition) is 0. The second-order valence-corrected chi connectivity index (χ2v) is 3.28. The van der Waals surface area contributed by atoms with E-state index in [0.29, 0.717) is 5.41 Å². The molecule has 0 aromatic rings. The average molecular weight is 174 g/mol. The smallest absolute Gasteiger partial charge is 0 e. The van der Waals surface area contributed by atoms with E-state index in [1.165, 1.54) is 19.3 Å². The monoisotopic (exact) mass is 173 g/mol. The average Bonchev–Trinajstić information content (AvgIpc) is 1.65. The maximum atomic E-state index is 2.33. The summed E-state index contributed by atoms with van der Waals surface area (Å²) < 4.78 is 0. The molecule has 0 fully saturated rings. The molecule has 0 nitrogen and oxygen atoms in total. The van der Waals surface area contributed by atoms with Crippen molar-refractivity contribution in [3.8, 4) is 0 Å². The van der Waals surface area contributed by atoms with Gasteiger partial charge in [-0.15, -0.1) is 0 Å². The molecular formula is C8H14Cu. The van der Waals surface area contributed by atoms with Gasteiger partial charge in [-0.3, -0.25) is 0 Å². The largest absolute Gasteiger partial charge is 0.0880 e. The molecule has 0 aliphatic heterocycles. The van der Waals surface area contributed by atoms with Gasteiger partial charge < -0.3 is 0 Å². The molecule has 1 aliphatic rings. The molecule has 0 N–H and O–H groups in total. The molecule has 1 radical (unpaired) electrons. The molecule has 1 rings (SSSR count). The van der Waals surface area contributed by atoms with Gasteiger partial charge in [0.05, 0.1) is 0 Å². The minimum Gasteiger partial charge on any atom is -0.0880 e. The van der Waals surface area contributed by atoms with E-state index in [0.717, 1.165) is 0 Å². The van der Waals surface area contributed by atoms with Crippen molar-refractivity contribution >= 4 is 0 Å². The summed E-state index contributed by atoms with van der Waals surface area (Å²) in [6, 6.07) is 0. The number of rotatable bonds is 0. The van der Waals surface area contributed by atoms with Gasteiger partial charge in [0.1, 0.15) is 0 Å². The van der Waals surface area contributed by atoms with Crippen LogP contribution in [0.25, 0.3) is 0 Å². The summed E-state index contributed by atoms with van der Waals surface area (Å²) in [6.45, 7) is 4.59. The first-order valence-corrected chi connectivity index (χ1v) is 3.38. The van der Waals surface area contributed by atoms with Crippen molar-refractivity contribution in [2.24, 2.45) is 5.41 Å². The third-order valence-corrected chi connectivity index (χ3v) is 1.76. The Kier molecular flexibility index (Phi) is 3.53. The summed E-state index contributed by atoms with van der Waals surface area (Å²) in [4.78, 5) is 0. The summed E-state index contributed by atoms with van der Waals surface area (Å²) in [6.07, 6.45) is 8.66. The van der Waals surface area contributed by atoms with Crippen LogP contribution < -0.4 is 0 Å². The first-order valence-electron chi connectivity index (χ1n) is 3.38. The van der Waals surface area contributed by atoms with Crippen LogP contribution in [-0.2, 0) is 17.1 Å². The summed E-state index contributed by atoms with van der Waals surface area (Å²) in [5.74, 6) is 0. The van der Waals surface area contributed by atoms with Crippen molar-refractivity contribution in [2.45, 2.75) is 33.1 Å². The van der Waals surface area contributed by atoms with E-state index < -0.39 is 0 Å². The quantitative estimate of drug-likeness (QED) is 0.391. The van der Waals surface area contributed by atoms with Gasteiger partial charge in [0.25, 0.3) is 0 Å². The maximum Gasteiger partial charge on any atom is 0 e. The van der Waals surface area contributed by atoms with E-state index in [1.54, 1.807) is 0 Å². The van der Waals surface area contributed by atoms with E-state index in [4.69, 9.17) is 0 Å². The molecule has 1 aliphatic carbocycles. The summed E-state index contributed by atoms with van der Waals surface area (Å²) >= 11 is 0. The molecule has 0 saturated carbocycles. The topological polar surface area (TPSA) is 0 Å². The Balaban J connectivity index is 0.000000640. The molecule has 0 aromatic carbocycles. The van der Waals surface area contributed by atoms with Gasteiger partial charge in [0.2, 0.25) is 0 Å². The minimum absolute atomic E-state index is 0. The predicted molar refractivity (Wildman–Crippen MR) is 36.8 cm³/mol. The Morgan fingerprint density at radius 3 is 2.22 bits per heavy atom. The van der Waals surface area contributed by atoms with Crippen LogP contribution in [0.3, 0.4) is 0 Å². The first-order chi connectivity index (χ1) is 3.71. The third-order valence-electron chi connectivity index (χ3n) is 1.76. The van der Waals surface area contributed by atoms with E-state index >= 15 is 0 Å².